The third-order valence-electron chi connectivity index (χ3n) is 3.23. The van der Waals surface area contributed by atoms with Crippen LogP contribution in [-0.4, -0.2) is 49.7 Å². The summed E-state index contributed by atoms with van der Waals surface area (Å²) < 4.78 is 5.61. The second-order valence-electron chi connectivity index (χ2n) is 4.52. The first kappa shape index (κ1) is 10.9. The summed E-state index contributed by atoms with van der Waals surface area (Å²) in [6.45, 7) is 6.26. The van der Waals surface area contributed by atoms with Gasteiger partial charge < -0.3 is 15.0 Å². The monoisotopic (exact) mass is 212 g/mol. The molecule has 2 fully saturated rings. The van der Waals surface area contributed by atoms with Crippen LogP contribution in [0.15, 0.2) is 0 Å². The Hall–Kier alpha value is -0.610. The highest BCUT2D eigenvalue weighted by Crippen LogP contribution is 2.17. The lowest BCUT2D eigenvalue weighted by atomic mass is 9.99. The Morgan fingerprint density at radius 3 is 3.20 bits per heavy atom. The molecule has 0 spiro atoms. The Morgan fingerprint density at radius 1 is 1.60 bits per heavy atom. The summed E-state index contributed by atoms with van der Waals surface area (Å²) in [7, 11) is 0. The van der Waals surface area contributed by atoms with Crippen LogP contribution in [0, 0.1) is 5.92 Å². The van der Waals surface area contributed by atoms with E-state index in [4.69, 9.17) is 4.74 Å². The average Bonchev–Trinajstić information content (AvgIpc) is 2.26. The molecule has 4 nitrogen and oxygen atoms in total. The van der Waals surface area contributed by atoms with Crippen molar-refractivity contribution in [2.45, 2.75) is 25.9 Å². The van der Waals surface area contributed by atoms with Crippen molar-refractivity contribution in [2.24, 2.45) is 5.92 Å². The summed E-state index contributed by atoms with van der Waals surface area (Å²) in [5.74, 6) is 0.505. The molecule has 1 N–H and O–H groups in total. The van der Waals surface area contributed by atoms with Gasteiger partial charge in [0.05, 0.1) is 12.7 Å². The summed E-state index contributed by atoms with van der Waals surface area (Å²) >= 11 is 0. The zero-order valence-electron chi connectivity index (χ0n) is 9.37. The highest BCUT2D eigenvalue weighted by Gasteiger charge is 2.27. The Labute approximate surface area is 91.0 Å². The number of rotatable bonds is 2. The molecule has 0 aromatic heterocycles. The Balaban J connectivity index is 1.84. The summed E-state index contributed by atoms with van der Waals surface area (Å²) in [5, 5.41) is 3.29. The van der Waals surface area contributed by atoms with Crippen LogP contribution in [0.2, 0.25) is 0 Å². The van der Waals surface area contributed by atoms with Crippen molar-refractivity contribution in [3.05, 3.63) is 0 Å². The van der Waals surface area contributed by atoms with E-state index in [9.17, 15) is 4.79 Å². The maximum atomic E-state index is 11.8. The van der Waals surface area contributed by atoms with E-state index in [1.807, 2.05) is 11.8 Å². The van der Waals surface area contributed by atoms with Gasteiger partial charge in [0.2, 0.25) is 5.91 Å². The van der Waals surface area contributed by atoms with Crippen LogP contribution in [-0.2, 0) is 9.53 Å². The fourth-order valence-electron chi connectivity index (χ4n) is 2.30. The summed E-state index contributed by atoms with van der Waals surface area (Å²) in [4.78, 5) is 13.8. The van der Waals surface area contributed by atoms with Crippen LogP contribution in [0.3, 0.4) is 0 Å². The first-order valence-corrected chi connectivity index (χ1v) is 5.88. The number of amides is 1. The first-order valence-electron chi connectivity index (χ1n) is 5.88. The van der Waals surface area contributed by atoms with Crippen molar-refractivity contribution in [1.29, 1.82) is 0 Å². The summed E-state index contributed by atoms with van der Waals surface area (Å²) in [5.41, 5.74) is 0. The maximum Gasteiger partial charge on any atom is 0.225 e. The highest BCUT2D eigenvalue weighted by molar-refractivity contribution is 5.79. The van der Waals surface area contributed by atoms with Gasteiger partial charge in [0.15, 0.2) is 0 Å². The second-order valence-corrected chi connectivity index (χ2v) is 4.52. The van der Waals surface area contributed by atoms with Crippen LogP contribution in [0.1, 0.15) is 19.8 Å². The van der Waals surface area contributed by atoms with E-state index in [1.54, 1.807) is 0 Å². The van der Waals surface area contributed by atoms with Gasteiger partial charge in [-0.05, 0) is 12.8 Å². The normalized spacial score (nSPS) is 33.1. The molecule has 2 saturated heterocycles. The fourth-order valence-corrected chi connectivity index (χ4v) is 2.30. The maximum absolute atomic E-state index is 11.8. The van der Waals surface area contributed by atoms with Gasteiger partial charge in [-0.1, -0.05) is 6.92 Å². The second kappa shape index (κ2) is 4.94. The summed E-state index contributed by atoms with van der Waals surface area (Å²) in [6.07, 6.45) is 2.36. The van der Waals surface area contributed by atoms with Gasteiger partial charge in [-0.15, -0.1) is 0 Å². The van der Waals surface area contributed by atoms with Crippen molar-refractivity contribution in [2.75, 3.05) is 32.8 Å². The predicted molar refractivity (Wildman–Crippen MR) is 57.6 cm³/mol. The number of morpholine rings is 1. The zero-order valence-corrected chi connectivity index (χ0v) is 9.37. The van der Waals surface area contributed by atoms with Crippen LogP contribution < -0.4 is 5.32 Å². The standard InChI is InChI=1S/C11H20N2O2/c1-9-3-2-5-13(11(9)14)8-10-7-12-4-6-15-10/h9-10,12H,2-8H2,1H3. The zero-order chi connectivity index (χ0) is 10.7. The molecule has 0 aromatic rings. The SMILES string of the molecule is CC1CCCN(CC2CNCCO2)C1=O. The van der Waals surface area contributed by atoms with Gasteiger partial charge in [0, 0.05) is 32.1 Å². The van der Waals surface area contributed by atoms with E-state index < -0.39 is 0 Å². The van der Waals surface area contributed by atoms with Crippen molar-refractivity contribution in [3.8, 4) is 0 Å². The third kappa shape index (κ3) is 2.69. The third-order valence-corrected chi connectivity index (χ3v) is 3.23. The molecule has 2 unspecified atom stereocenters. The minimum Gasteiger partial charge on any atom is -0.374 e. The minimum absolute atomic E-state index is 0.188. The van der Waals surface area contributed by atoms with Gasteiger partial charge in [-0.25, -0.2) is 0 Å². The highest BCUT2D eigenvalue weighted by atomic mass is 16.5. The van der Waals surface area contributed by atoms with Crippen molar-refractivity contribution < 1.29 is 9.53 Å². The van der Waals surface area contributed by atoms with E-state index in [-0.39, 0.29) is 12.0 Å². The van der Waals surface area contributed by atoms with Gasteiger partial charge >= 0.3 is 0 Å². The van der Waals surface area contributed by atoms with Crippen LogP contribution in [0.5, 0.6) is 0 Å². The lowest BCUT2D eigenvalue weighted by molar-refractivity contribution is -0.140. The number of piperidine rings is 1. The smallest absolute Gasteiger partial charge is 0.225 e. The van der Waals surface area contributed by atoms with Crippen LogP contribution in [0.25, 0.3) is 0 Å². The van der Waals surface area contributed by atoms with Crippen LogP contribution in [0.4, 0.5) is 0 Å². The quantitative estimate of drug-likeness (QED) is 0.712. The molecule has 15 heavy (non-hydrogen) atoms. The van der Waals surface area contributed by atoms with Gasteiger partial charge in [0.1, 0.15) is 0 Å². The number of carbonyl (C=O) groups excluding carboxylic acids is 1. The number of ether oxygens (including phenoxy) is 1. The molecule has 0 aliphatic carbocycles. The molecule has 86 valence electrons. The van der Waals surface area contributed by atoms with Crippen molar-refractivity contribution in [3.63, 3.8) is 0 Å². The number of carbonyl (C=O) groups is 1. The molecule has 0 bridgehead atoms. The molecule has 1 amide bonds. The molecule has 2 aliphatic heterocycles. The number of likely N-dealkylation sites (tertiary alicyclic amines) is 1. The van der Waals surface area contributed by atoms with E-state index in [1.165, 1.54) is 0 Å². The summed E-state index contributed by atoms with van der Waals surface area (Å²) in [6, 6.07) is 0. The lowest BCUT2D eigenvalue weighted by Crippen LogP contribution is -2.49. The molecule has 2 aliphatic rings. The molecular formula is C11H20N2O2. The van der Waals surface area contributed by atoms with Gasteiger partial charge in [-0.2, -0.15) is 0 Å². The number of nitrogens with one attached hydrogen (secondary N) is 1. The Bertz CT molecular complexity index is 227. The predicted octanol–water partition coefficient (Wildman–Crippen LogP) is 0.233. The van der Waals surface area contributed by atoms with Crippen molar-refractivity contribution >= 4 is 5.91 Å². The number of hydrogen-bond acceptors (Lipinski definition) is 3. The van der Waals surface area contributed by atoms with Crippen LogP contribution >= 0.6 is 0 Å². The average molecular weight is 212 g/mol. The number of hydrogen-bond donors (Lipinski definition) is 1. The Morgan fingerprint density at radius 2 is 2.47 bits per heavy atom. The van der Waals surface area contributed by atoms with E-state index >= 15 is 0 Å². The molecule has 4 heteroatoms. The number of nitrogens with zero attached hydrogens (tertiary/aromatic N) is 1. The van der Waals surface area contributed by atoms with E-state index in [0.29, 0.717) is 5.91 Å². The Kier molecular flexibility index (Phi) is 3.59. The molecule has 0 aromatic carbocycles. The van der Waals surface area contributed by atoms with Crippen molar-refractivity contribution in [1.82, 2.24) is 10.2 Å². The molecule has 2 atom stereocenters. The molecule has 2 rings (SSSR count). The van der Waals surface area contributed by atoms with E-state index in [2.05, 4.69) is 5.32 Å². The largest absolute Gasteiger partial charge is 0.374 e. The van der Waals surface area contributed by atoms with Gasteiger partial charge in [0.25, 0.3) is 0 Å². The topological polar surface area (TPSA) is 41.6 Å². The lowest BCUT2D eigenvalue weighted by Gasteiger charge is -2.34. The molecule has 0 saturated carbocycles. The first-order chi connectivity index (χ1) is 7.27. The van der Waals surface area contributed by atoms with E-state index in [0.717, 1.165) is 45.6 Å². The molecular weight excluding hydrogens is 192 g/mol. The minimum atomic E-state index is 0.188. The molecule has 2 heterocycles. The molecule has 0 radical (unpaired) electrons. The fraction of sp³-hybridized carbons (Fsp3) is 0.909. The van der Waals surface area contributed by atoms with Gasteiger partial charge in [-0.3, -0.25) is 4.79 Å².